The number of nitrogens with one attached hydrogen (secondary N) is 1. The number of hydrogen-bond donors (Lipinski definition) is 1. The summed E-state index contributed by atoms with van der Waals surface area (Å²) in [6.07, 6.45) is -9.84. The molecule has 0 radical (unpaired) electrons. The number of rotatable bonds is 4. The number of fused-ring (bicyclic) bond motifs is 5. The molecule has 10 nitrogen and oxygen atoms in total. The number of anilines is 1. The zero-order valence-electron chi connectivity index (χ0n) is 24.5. The van der Waals surface area contributed by atoms with Gasteiger partial charge in [-0.1, -0.05) is 42.5 Å². The molecule has 0 fully saturated rings. The van der Waals surface area contributed by atoms with E-state index in [0.29, 0.717) is 11.6 Å². The summed E-state index contributed by atoms with van der Waals surface area (Å²) < 4.78 is 103. The van der Waals surface area contributed by atoms with Gasteiger partial charge in [0.05, 0.1) is 17.9 Å². The standard InChI is InChI=1S/C29H29F6N5O5/c1-26(2,3)45-25(42)36-19-15-18(28(30,31)32)20-23(41)40(4)14-10-6-9-13-27(29(33,34)35,43-16-17-11-7-5-8-12-17)24-39-38-22(44-24)21(19)37-20/h5-9,11-12,15H,10,13-14,16H2,1-4H3,(H,36,42)/b9-6+. The van der Waals surface area contributed by atoms with Gasteiger partial charge < -0.3 is 18.8 Å². The Kier molecular flexibility index (Phi) is 9.28. The molecule has 0 aliphatic carbocycles. The minimum absolute atomic E-state index is 0.0174. The molecule has 16 heteroatoms. The fraction of sp³-hybridized carbons (Fsp3) is 0.414. The average molecular weight is 642 g/mol. The topological polar surface area (TPSA) is 120 Å². The van der Waals surface area contributed by atoms with Crippen LogP contribution in [0.5, 0.6) is 0 Å². The van der Waals surface area contributed by atoms with Crippen molar-refractivity contribution in [2.45, 2.75) is 63.8 Å². The quantitative estimate of drug-likeness (QED) is 0.242. The fourth-order valence-corrected chi connectivity index (χ4v) is 4.27. The highest BCUT2D eigenvalue weighted by Gasteiger charge is 2.61. The van der Waals surface area contributed by atoms with Crippen LogP contribution in [0.25, 0.3) is 11.6 Å². The number of halogens is 6. The third kappa shape index (κ3) is 7.61. The first-order valence-electron chi connectivity index (χ1n) is 13.5. The van der Waals surface area contributed by atoms with Gasteiger partial charge in [-0.15, -0.1) is 10.2 Å². The number of carbonyl (C=O) groups excluding carboxylic acids is 2. The number of pyridine rings is 1. The van der Waals surface area contributed by atoms with Crippen LogP contribution in [0.1, 0.15) is 61.1 Å². The molecule has 1 aliphatic heterocycles. The number of benzene rings is 1. The largest absolute Gasteiger partial charge is 0.444 e. The smallest absolute Gasteiger partial charge is 0.426 e. The monoisotopic (exact) mass is 641 g/mol. The molecule has 2 aromatic heterocycles. The van der Waals surface area contributed by atoms with Crippen molar-refractivity contribution in [1.29, 1.82) is 0 Å². The Bertz CT molecular complexity index is 1570. The Labute approximate surface area is 253 Å². The number of nitrogens with zero attached hydrogens (tertiary/aromatic N) is 4. The molecular formula is C29H29F6N5O5. The summed E-state index contributed by atoms with van der Waals surface area (Å²) in [5.41, 5.74) is -7.89. The minimum atomic E-state index is -5.14. The van der Waals surface area contributed by atoms with E-state index < -0.39 is 83.0 Å². The Hall–Kier alpha value is -4.47. The average Bonchev–Trinajstić information content (AvgIpc) is 3.42. The predicted octanol–water partition coefficient (Wildman–Crippen LogP) is 6.89. The molecule has 1 atom stereocenters. The number of aromatic nitrogens is 3. The molecular weight excluding hydrogens is 612 g/mol. The van der Waals surface area contributed by atoms with Crippen molar-refractivity contribution in [2.75, 3.05) is 18.9 Å². The van der Waals surface area contributed by atoms with E-state index in [0.717, 1.165) is 11.0 Å². The van der Waals surface area contributed by atoms with E-state index in [1.165, 1.54) is 33.9 Å². The summed E-state index contributed by atoms with van der Waals surface area (Å²) in [4.78, 5) is 30.5. The Morgan fingerprint density at radius 1 is 1.04 bits per heavy atom. The maximum Gasteiger partial charge on any atom is 0.426 e. The molecule has 1 aliphatic rings. The van der Waals surface area contributed by atoms with Gasteiger partial charge in [0.1, 0.15) is 11.3 Å². The third-order valence-electron chi connectivity index (χ3n) is 6.47. The fourth-order valence-electron chi connectivity index (χ4n) is 4.27. The Morgan fingerprint density at radius 3 is 2.36 bits per heavy atom. The van der Waals surface area contributed by atoms with Crippen molar-refractivity contribution in [3.63, 3.8) is 0 Å². The highest BCUT2D eigenvalue weighted by molar-refractivity contribution is 5.97. The summed E-state index contributed by atoms with van der Waals surface area (Å²) in [7, 11) is 1.21. The van der Waals surface area contributed by atoms with Crippen molar-refractivity contribution >= 4 is 17.7 Å². The molecule has 2 amide bonds. The number of hydrogen-bond acceptors (Lipinski definition) is 8. The van der Waals surface area contributed by atoms with Crippen LogP contribution in [0.15, 0.2) is 53.0 Å². The van der Waals surface area contributed by atoms with Gasteiger partial charge in [0.15, 0.2) is 5.69 Å². The second-order valence-electron chi connectivity index (χ2n) is 11.1. The molecule has 0 saturated heterocycles. The van der Waals surface area contributed by atoms with Gasteiger partial charge in [-0.3, -0.25) is 10.1 Å². The zero-order valence-corrected chi connectivity index (χ0v) is 24.5. The lowest BCUT2D eigenvalue weighted by molar-refractivity contribution is -0.295. The lowest BCUT2D eigenvalue weighted by Crippen LogP contribution is -2.45. The molecule has 4 bridgehead atoms. The molecule has 45 heavy (non-hydrogen) atoms. The Balaban J connectivity index is 1.94. The second-order valence-corrected chi connectivity index (χ2v) is 11.1. The van der Waals surface area contributed by atoms with Gasteiger partial charge in [-0.05, 0) is 38.8 Å². The van der Waals surface area contributed by atoms with E-state index in [1.54, 1.807) is 30.3 Å². The summed E-state index contributed by atoms with van der Waals surface area (Å²) in [6, 6.07) is 8.41. The zero-order chi connectivity index (χ0) is 33.2. The first-order valence-corrected chi connectivity index (χ1v) is 13.5. The third-order valence-corrected chi connectivity index (χ3v) is 6.47. The van der Waals surface area contributed by atoms with Crippen LogP contribution in [-0.4, -0.2) is 57.5 Å². The van der Waals surface area contributed by atoms with Gasteiger partial charge >= 0.3 is 18.4 Å². The molecule has 1 unspecified atom stereocenters. The summed E-state index contributed by atoms with van der Waals surface area (Å²) >= 11 is 0. The highest BCUT2D eigenvalue weighted by Crippen LogP contribution is 2.46. The van der Waals surface area contributed by atoms with Crippen molar-refractivity contribution in [3.05, 3.63) is 71.3 Å². The number of amides is 2. The molecule has 0 saturated carbocycles. The molecule has 4 rings (SSSR count). The second kappa shape index (κ2) is 12.5. The van der Waals surface area contributed by atoms with Crippen molar-refractivity contribution in [2.24, 2.45) is 0 Å². The molecule has 1 aromatic carbocycles. The Morgan fingerprint density at radius 2 is 1.73 bits per heavy atom. The first kappa shape index (κ1) is 33.4. The number of carbonyl (C=O) groups is 2. The number of ether oxygens (including phenoxy) is 2. The number of alkyl halides is 6. The van der Waals surface area contributed by atoms with Gasteiger partial charge in [0.2, 0.25) is 5.60 Å². The van der Waals surface area contributed by atoms with Crippen molar-refractivity contribution in [3.8, 4) is 11.6 Å². The lowest BCUT2D eigenvalue weighted by Gasteiger charge is -2.31. The van der Waals surface area contributed by atoms with Crippen LogP contribution < -0.4 is 5.32 Å². The van der Waals surface area contributed by atoms with Gasteiger partial charge in [-0.25, -0.2) is 9.78 Å². The normalized spacial score (nSPS) is 18.7. The van der Waals surface area contributed by atoms with Crippen molar-refractivity contribution in [1.82, 2.24) is 20.1 Å². The highest BCUT2D eigenvalue weighted by atomic mass is 19.4. The van der Waals surface area contributed by atoms with Crippen LogP contribution in [-0.2, 0) is 27.9 Å². The summed E-state index contributed by atoms with van der Waals surface area (Å²) in [6.45, 7) is 3.82. The molecule has 0 spiro atoms. The van der Waals surface area contributed by atoms with E-state index >= 15 is 0 Å². The van der Waals surface area contributed by atoms with Gasteiger partial charge in [0.25, 0.3) is 17.7 Å². The van der Waals surface area contributed by atoms with E-state index in [-0.39, 0.29) is 13.0 Å². The van der Waals surface area contributed by atoms with Crippen LogP contribution in [0.2, 0.25) is 0 Å². The van der Waals surface area contributed by atoms with E-state index in [1.807, 2.05) is 0 Å². The van der Waals surface area contributed by atoms with Crippen LogP contribution in [0, 0.1) is 0 Å². The summed E-state index contributed by atoms with van der Waals surface area (Å²) in [5.74, 6) is -3.04. The van der Waals surface area contributed by atoms with E-state index in [2.05, 4.69) is 20.5 Å². The van der Waals surface area contributed by atoms with Crippen LogP contribution in [0.4, 0.5) is 36.8 Å². The van der Waals surface area contributed by atoms with E-state index in [4.69, 9.17) is 13.9 Å². The molecule has 3 aromatic rings. The molecule has 1 N–H and O–H groups in total. The lowest BCUT2D eigenvalue weighted by atomic mass is 9.97. The van der Waals surface area contributed by atoms with Gasteiger partial charge in [0, 0.05) is 20.0 Å². The predicted molar refractivity (Wildman–Crippen MR) is 147 cm³/mol. The minimum Gasteiger partial charge on any atom is -0.444 e. The van der Waals surface area contributed by atoms with Crippen LogP contribution >= 0.6 is 0 Å². The maximum atomic E-state index is 14.9. The molecule has 242 valence electrons. The van der Waals surface area contributed by atoms with Crippen LogP contribution in [0.3, 0.4) is 0 Å². The SMILES string of the molecule is CN1CC/C=C/CC(OCc2ccccc2)(C(F)(F)F)c2nnc(o2)-c2nc(c(C(F)(F)F)cc2NC(=O)OC(C)(C)C)C1=O. The summed E-state index contributed by atoms with van der Waals surface area (Å²) in [5, 5.41) is 9.33. The first-order chi connectivity index (χ1) is 20.9. The maximum absolute atomic E-state index is 14.9. The van der Waals surface area contributed by atoms with Gasteiger partial charge in [-0.2, -0.15) is 26.3 Å². The van der Waals surface area contributed by atoms with E-state index in [9.17, 15) is 35.9 Å². The molecule has 3 heterocycles. The van der Waals surface area contributed by atoms with Crippen molar-refractivity contribution < 1.29 is 49.8 Å².